The van der Waals surface area contributed by atoms with Crippen LogP contribution in [0.4, 0.5) is 5.82 Å². The smallest absolute Gasteiger partial charge is 0.132 e. The molecule has 1 aromatic carbocycles. The second-order valence-corrected chi connectivity index (χ2v) is 6.85. The molecule has 0 spiro atoms. The highest BCUT2D eigenvalue weighted by atomic mass is 16.3. The normalized spacial score (nSPS) is 24.2. The largest absolute Gasteiger partial charge is 0.387 e. The predicted octanol–water partition coefficient (Wildman–Crippen LogP) is 1.87. The minimum atomic E-state index is -0.365. The van der Waals surface area contributed by atoms with Crippen LogP contribution in [0.2, 0.25) is 0 Å². The summed E-state index contributed by atoms with van der Waals surface area (Å²) in [6.45, 7) is 7.75. The summed E-state index contributed by atoms with van der Waals surface area (Å²) in [6.07, 6.45) is 0.583. The van der Waals surface area contributed by atoms with Gasteiger partial charge >= 0.3 is 0 Å². The van der Waals surface area contributed by atoms with E-state index in [0.29, 0.717) is 0 Å². The van der Waals surface area contributed by atoms with E-state index in [1.807, 2.05) is 19.9 Å². The number of nitrogens with zero attached hydrogens (tertiary/aromatic N) is 4. The Kier molecular flexibility index (Phi) is 3.98. The van der Waals surface area contributed by atoms with Gasteiger partial charge < -0.3 is 10.0 Å². The highest BCUT2D eigenvalue weighted by molar-refractivity contribution is 5.41. The fraction of sp³-hybridized carbons (Fsp3) is 0.474. The van der Waals surface area contributed by atoms with Gasteiger partial charge in [-0.3, -0.25) is 4.90 Å². The summed E-state index contributed by atoms with van der Waals surface area (Å²) in [4.78, 5) is 13.7. The lowest BCUT2D eigenvalue weighted by Crippen LogP contribution is -2.51. The van der Waals surface area contributed by atoms with Gasteiger partial charge in [0, 0.05) is 44.0 Å². The number of piperazine rings is 1. The van der Waals surface area contributed by atoms with Crippen molar-refractivity contribution in [3.8, 4) is 0 Å². The summed E-state index contributed by atoms with van der Waals surface area (Å²) in [5.41, 5.74) is 3.41. The van der Waals surface area contributed by atoms with Gasteiger partial charge in [-0.15, -0.1) is 0 Å². The van der Waals surface area contributed by atoms with E-state index >= 15 is 0 Å². The number of aliphatic hydroxyl groups excluding tert-OH is 1. The predicted molar refractivity (Wildman–Crippen MR) is 94.2 cm³/mol. The van der Waals surface area contributed by atoms with Gasteiger partial charge in [0.05, 0.1) is 6.10 Å². The van der Waals surface area contributed by atoms with Crippen molar-refractivity contribution in [3.05, 3.63) is 53.0 Å². The Morgan fingerprint density at radius 2 is 1.79 bits per heavy atom. The number of aliphatic hydroxyl groups is 1. The lowest BCUT2D eigenvalue weighted by molar-refractivity contribution is 0.0571. The standard InChI is InChI=1S/C19H24N4O/c1-13-11-18(21-14(2)20-13)23-9-7-22(8-10-23)17-12-15-5-3-4-6-16(15)19(17)24/h3-6,11,17,19,24H,7-10,12H2,1-2H3/t17-,19-/m1/s1. The van der Waals surface area contributed by atoms with Gasteiger partial charge in [-0.25, -0.2) is 9.97 Å². The van der Waals surface area contributed by atoms with E-state index in [-0.39, 0.29) is 12.1 Å². The molecule has 1 aliphatic heterocycles. The zero-order valence-electron chi connectivity index (χ0n) is 14.3. The zero-order chi connectivity index (χ0) is 16.7. The molecule has 0 saturated carbocycles. The highest BCUT2D eigenvalue weighted by Crippen LogP contribution is 2.34. The van der Waals surface area contributed by atoms with Crippen LogP contribution in [0.1, 0.15) is 28.7 Å². The van der Waals surface area contributed by atoms with Gasteiger partial charge in [-0.05, 0) is 31.4 Å². The molecular weight excluding hydrogens is 300 g/mol. The third-order valence-electron chi connectivity index (χ3n) is 5.23. The van der Waals surface area contributed by atoms with Crippen molar-refractivity contribution in [3.63, 3.8) is 0 Å². The fourth-order valence-electron chi connectivity index (χ4n) is 4.02. The maximum absolute atomic E-state index is 10.7. The molecule has 24 heavy (non-hydrogen) atoms. The molecule has 2 heterocycles. The van der Waals surface area contributed by atoms with Crippen LogP contribution in [0.15, 0.2) is 30.3 Å². The topological polar surface area (TPSA) is 52.5 Å². The minimum Gasteiger partial charge on any atom is -0.387 e. The lowest BCUT2D eigenvalue weighted by Gasteiger charge is -2.39. The molecule has 1 saturated heterocycles. The molecule has 5 heteroatoms. The number of rotatable bonds is 2. The van der Waals surface area contributed by atoms with E-state index in [2.05, 4.69) is 44.0 Å². The first-order valence-electron chi connectivity index (χ1n) is 8.69. The Labute approximate surface area is 143 Å². The maximum atomic E-state index is 10.7. The highest BCUT2D eigenvalue weighted by Gasteiger charge is 2.36. The Hall–Kier alpha value is -1.98. The van der Waals surface area contributed by atoms with Gasteiger partial charge in [0.15, 0.2) is 0 Å². The maximum Gasteiger partial charge on any atom is 0.132 e. The van der Waals surface area contributed by atoms with Crippen molar-refractivity contribution in [1.82, 2.24) is 14.9 Å². The Morgan fingerprint density at radius 1 is 1.04 bits per heavy atom. The van der Waals surface area contributed by atoms with Gasteiger partial charge in [-0.2, -0.15) is 0 Å². The quantitative estimate of drug-likeness (QED) is 0.914. The average molecular weight is 324 g/mol. The summed E-state index contributed by atoms with van der Waals surface area (Å²) in [5.74, 6) is 1.85. The SMILES string of the molecule is Cc1cc(N2CCN([C@@H]3Cc4ccccc4[C@H]3O)CC2)nc(C)n1. The van der Waals surface area contributed by atoms with Crippen LogP contribution in [0.3, 0.4) is 0 Å². The molecule has 4 rings (SSSR count). The van der Waals surface area contributed by atoms with E-state index in [1.165, 1.54) is 5.56 Å². The second-order valence-electron chi connectivity index (χ2n) is 6.85. The molecular formula is C19H24N4O. The Morgan fingerprint density at radius 3 is 2.50 bits per heavy atom. The molecule has 2 aliphatic rings. The van der Waals surface area contributed by atoms with Crippen molar-refractivity contribution in [2.75, 3.05) is 31.1 Å². The van der Waals surface area contributed by atoms with Crippen LogP contribution in [-0.2, 0) is 6.42 Å². The molecule has 126 valence electrons. The van der Waals surface area contributed by atoms with Crippen LogP contribution in [0, 0.1) is 13.8 Å². The summed E-state index contributed by atoms with van der Waals surface area (Å²) < 4.78 is 0. The number of anilines is 1. The van der Waals surface area contributed by atoms with E-state index in [4.69, 9.17) is 0 Å². The molecule has 1 aromatic heterocycles. The minimum absolute atomic E-state index is 0.207. The number of benzene rings is 1. The van der Waals surface area contributed by atoms with Crippen LogP contribution in [0.5, 0.6) is 0 Å². The molecule has 1 fully saturated rings. The van der Waals surface area contributed by atoms with Gasteiger partial charge in [0.1, 0.15) is 11.6 Å². The van der Waals surface area contributed by atoms with Crippen LogP contribution >= 0.6 is 0 Å². The molecule has 0 bridgehead atoms. The first-order chi connectivity index (χ1) is 11.6. The molecule has 2 atom stereocenters. The Balaban J connectivity index is 1.44. The third-order valence-corrected chi connectivity index (χ3v) is 5.23. The fourth-order valence-corrected chi connectivity index (χ4v) is 4.02. The second kappa shape index (κ2) is 6.15. The molecule has 1 aliphatic carbocycles. The summed E-state index contributed by atoms with van der Waals surface area (Å²) in [6, 6.07) is 10.5. The number of aromatic nitrogens is 2. The van der Waals surface area contributed by atoms with Crippen molar-refractivity contribution in [2.24, 2.45) is 0 Å². The molecule has 2 aromatic rings. The van der Waals surface area contributed by atoms with E-state index in [0.717, 1.165) is 55.5 Å². The van der Waals surface area contributed by atoms with E-state index < -0.39 is 0 Å². The van der Waals surface area contributed by atoms with Gasteiger partial charge in [0.25, 0.3) is 0 Å². The first-order valence-corrected chi connectivity index (χ1v) is 8.69. The molecule has 1 N–H and O–H groups in total. The summed E-state index contributed by atoms with van der Waals surface area (Å²) in [7, 11) is 0. The van der Waals surface area contributed by atoms with Crippen molar-refractivity contribution in [2.45, 2.75) is 32.4 Å². The number of fused-ring (bicyclic) bond motifs is 1. The lowest BCUT2D eigenvalue weighted by atomic mass is 10.1. The van der Waals surface area contributed by atoms with Gasteiger partial charge in [0.2, 0.25) is 0 Å². The molecule has 0 unspecified atom stereocenters. The number of aryl methyl sites for hydroxylation is 2. The van der Waals surface area contributed by atoms with E-state index in [9.17, 15) is 5.11 Å². The van der Waals surface area contributed by atoms with Crippen LogP contribution in [-0.4, -0.2) is 52.2 Å². The molecule has 0 amide bonds. The average Bonchev–Trinajstić information content (AvgIpc) is 2.91. The van der Waals surface area contributed by atoms with Crippen molar-refractivity contribution >= 4 is 5.82 Å². The zero-order valence-corrected chi connectivity index (χ0v) is 14.3. The van der Waals surface area contributed by atoms with Crippen molar-refractivity contribution in [1.29, 1.82) is 0 Å². The first kappa shape index (κ1) is 15.5. The van der Waals surface area contributed by atoms with E-state index in [1.54, 1.807) is 0 Å². The molecule has 5 nitrogen and oxygen atoms in total. The number of hydrogen-bond acceptors (Lipinski definition) is 5. The summed E-state index contributed by atoms with van der Waals surface area (Å²) in [5, 5.41) is 10.7. The van der Waals surface area contributed by atoms with Crippen LogP contribution < -0.4 is 4.90 Å². The summed E-state index contributed by atoms with van der Waals surface area (Å²) >= 11 is 0. The monoisotopic (exact) mass is 324 g/mol. The Bertz CT molecular complexity index is 720. The third kappa shape index (κ3) is 2.78. The number of hydrogen-bond donors (Lipinski definition) is 1. The van der Waals surface area contributed by atoms with Gasteiger partial charge in [-0.1, -0.05) is 24.3 Å². The van der Waals surface area contributed by atoms with Crippen LogP contribution in [0.25, 0.3) is 0 Å². The van der Waals surface area contributed by atoms with Crippen molar-refractivity contribution < 1.29 is 5.11 Å². The molecule has 0 radical (unpaired) electrons.